The van der Waals surface area contributed by atoms with Gasteiger partial charge in [0.25, 0.3) is 0 Å². The van der Waals surface area contributed by atoms with Crippen LogP contribution < -0.4 is 15.0 Å². The van der Waals surface area contributed by atoms with Crippen molar-refractivity contribution in [3.05, 3.63) is 58.1 Å². The molecule has 4 heteroatoms. The van der Waals surface area contributed by atoms with Crippen LogP contribution in [0.5, 0.6) is 5.75 Å². The van der Waals surface area contributed by atoms with Crippen LogP contribution in [0.25, 0.3) is 0 Å². The van der Waals surface area contributed by atoms with Gasteiger partial charge in [0.15, 0.2) is 0 Å². The summed E-state index contributed by atoms with van der Waals surface area (Å²) in [6.45, 7) is 6.87. The molecule has 0 unspecified atom stereocenters. The Morgan fingerprint density at radius 2 is 1.96 bits per heavy atom. The van der Waals surface area contributed by atoms with E-state index in [1.54, 1.807) is 19.0 Å². The summed E-state index contributed by atoms with van der Waals surface area (Å²) in [6, 6.07) is 10.4. The monoisotopic (exact) mass is 366 g/mol. The number of anilines is 1. The number of nitrogens with zero attached hydrogens (tertiary/aromatic N) is 1. The molecule has 4 nitrogen and oxygen atoms in total. The second kappa shape index (κ2) is 8.03. The molecule has 1 fully saturated rings. The van der Waals surface area contributed by atoms with E-state index in [1.165, 1.54) is 29.5 Å². The number of carbonyl (C=O) groups is 1. The van der Waals surface area contributed by atoms with Gasteiger partial charge in [-0.2, -0.15) is 0 Å². The van der Waals surface area contributed by atoms with Crippen molar-refractivity contribution in [2.75, 3.05) is 19.0 Å². The summed E-state index contributed by atoms with van der Waals surface area (Å²) in [7, 11) is 3.46. The number of rotatable bonds is 6. The molecular weight excluding hydrogens is 336 g/mol. The Labute approximate surface area is 162 Å². The highest BCUT2D eigenvalue weighted by Gasteiger charge is 2.28. The summed E-state index contributed by atoms with van der Waals surface area (Å²) in [5.74, 6) is 1.51. The first-order valence-corrected chi connectivity index (χ1v) is 9.76. The van der Waals surface area contributed by atoms with Crippen molar-refractivity contribution in [3.8, 4) is 5.75 Å². The highest BCUT2D eigenvalue weighted by Crippen LogP contribution is 2.44. The van der Waals surface area contributed by atoms with E-state index in [2.05, 4.69) is 44.3 Å². The lowest BCUT2D eigenvalue weighted by Crippen LogP contribution is -2.35. The largest absolute Gasteiger partial charge is 0.489 e. The van der Waals surface area contributed by atoms with Gasteiger partial charge in [0.05, 0.1) is 5.69 Å². The summed E-state index contributed by atoms with van der Waals surface area (Å²) < 4.78 is 6.27. The minimum Gasteiger partial charge on any atom is -0.489 e. The van der Waals surface area contributed by atoms with E-state index in [4.69, 9.17) is 4.74 Å². The van der Waals surface area contributed by atoms with Crippen molar-refractivity contribution >= 4 is 11.7 Å². The Hall–Kier alpha value is -2.49. The van der Waals surface area contributed by atoms with Gasteiger partial charge in [0.1, 0.15) is 12.4 Å². The number of aryl methyl sites for hydroxylation is 3. The standard InChI is InChI=1S/C23H30N2O2/c1-6-17-12-16(3)22(13-15(17)2)27-14-20-19(18-10-11-18)8-7-9-21(20)25(5)23(26)24-4/h7-9,12-13,18H,6,10-11,14H2,1-5H3,(H,24,26). The van der Waals surface area contributed by atoms with Crippen LogP contribution in [0.2, 0.25) is 0 Å². The molecule has 0 spiro atoms. The van der Waals surface area contributed by atoms with Crippen LogP contribution in [0.4, 0.5) is 10.5 Å². The van der Waals surface area contributed by atoms with Crippen molar-refractivity contribution < 1.29 is 9.53 Å². The van der Waals surface area contributed by atoms with Crippen LogP contribution in [0.3, 0.4) is 0 Å². The van der Waals surface area contributed by atoms with E-state index >= 15 is 0 Å². The fourth-order valence-electron chi connectivity index (χ4n) is 3.65. The SMILES string of the molecule is CCc1cc(C)c(OCc2c(C3CC3)cccc2N(C)C(=O)NC)cc1C. The van der Waals surface area contributed by atoms with Gasteiger partial charge in [0, 0.05) is 19.7 Å². The molecule has 144 valence electrons. The van der Waals surface area contributed by atoms with Gasteiger partial charge < -0.3 is 10.1 Å². The minimum absolute atomic E-state index is 0.122. The smallest absolute Gasteiger partial charge is 0.321 e. The topological polar surface area (TPSA) is 41.6 Å². The average Bonchev–Trinajstić information content (AvgIpc) is 3.52. The molecule has 2 aromatic carbocycles. The predicted octanol–water partition coefficient (Wildman–Crippen LogP) is 5.10. The van der Waals surface area contributed by atoms with E-state index in [-0.39, 0.29) is 6.03 Å². The van der Waals surface area contributed by atoms with Gasteiger partial charge >= 0.3 is 6.03 Å². The molecule has 1 N–H and O–H groups in total. The van der Waals surface area contributed by atoms with Gasteiger partial charge in [-0.3, -0.25) is 4.90 Å². The Kier molecular flexibility index (Phi) is 5.73. The van der Waals surface area contributed by atoms with Crippen LogP contribution >= 0.6 is 0 Å². The third-order valence-corrected chi connectivity index (χ3v) is 5.47. The maximum Gasteiger partial charge on any atom is 0.321 e. The molecular formula is C23H30N2O2. The zero-order valence-corrected chi connectivity index (χ0v) is 17.1. The average molecular weight is 367 g/mol. The lowest BCUT2D eigenvalue weighted by molar-refractivity contribution is 0.249. The number of nitrogens with one attached hydrogen (secondary N) is 1. The predicted molar refractivity (Wildman–Crippen MR) is 111 cm³/mol. The van der Waals surface area contributed by atoms with Gasteiger partial charge in [-0.25, -0.2) is 4.79 Å². The summed E-state index contributed by atoms with van der Waals surface area (Å²) in [4.78, 5) is 13.8. The molecule has 0 heterocycles. The Balaban J connectivity index is 1.92. The highest BCUT2D eigenvalue weighted by molar-refractivity contribution is 5.92. The Bertz CT molecular complexity index is 841. The molecule has 2 amide bonds. The molecule has 1 saturated carbocycles. The molecule has 0 atom stereocenters. The van der Waals surface area contributed by atoms with Crippen molar-refractivity contribution in [2.24, 2.45) is 0 Å². The van der Waals surface area contributed by atoms with Crippen LogP contribution in [0, 0.1) is 13.8 Å². The second-order valence-electron chi connectivity index (χ2n) is 7.42. The third-order valence-electron chi connectivity index (χ3n) is 5.47. The van der Waals surface area contributed by atoms with Gasteiger partial charge in [0.2, 0.25) is 0 Å². The summed E-state index contributed by atoms with van der Waals surface area (Å²) in [5, 5.41) is 2.70. The summed E-state index contributed by atoms with van der Waals surface area (Å²) >= 11 is 0. The van der Waals surface area contributed by atoms with Crippen LogP contribution in [0.15, 0.2) is 30.3 Å². The maximum atomic E-state index is 12.2. The fourth-order valence-corrected chi connectivity index (χ4v) is 3.65. The lowest BCUT2D eigenvalue weighted by atomic mass is 10.0. The maximum absolute atomic E-state index is 12.2. The molecule has 2 aromatic rings. The number of benzene rings is 2. The molecule has 0 aliphatic heterocycles. The quantitative estimate of drug-likeness (QED) is 0.773. The molecule has 27 heavy (non-hydrogen) atoms. The zero-order chi connectivity index (χ0) is 19.6. The molecule has 1 aliphatic rings. The van der Waals surface area contributed by atoms with Gasteiger partial charge in [-0.1, -0.05) is 25.1 Å². The molecule has 0 aromatic heterocycles. The zero-order valence-electron chi connectivity index (χ0n) is 17.1. The second-order valence-corrected chi connectivity index (χ2v) is 7.42. The van der Waals surface area contributed by atoms with Crippen molar-refractivity contribution in [2.45, 2.75) is 52.6 Å². The van der Waals surface area contributed by atoms with Crippen molar-refractivity contribution in [1.29, 1.82) is 0 Å². The van der Waals surface area contributed by atoms with E-state index in [0.717, 1.165) is 29.0 Å². The number of amides is 2. The van der Waals surface area contributed by atoms with E-state index in [9.17, 15) is 4.79 Å². The lowest BCUT2D eigenvalue weighted by Gasteiger charge is -2.23. The van der Waals surface area contributed by atoms with Crippen molar-refractivity contribution in [3.63, 3.8) is 0 Å². The molecule has 1 aliphatic carbocycles. The van der Waals surface area contributed by atoms with Crippen LogP contribution in [0.1, 0.15) is 53.5 Å². The van der Waals surface area contributed by atoms with Crippen molar-refractivity contribution in [1.82, 2.24) is 5.32 Å². The molecule has 0 bridgehead atoms. The molecule has 3 rings (SSSR count). The molecule has 0 radical (unpaired) electrons. The number of hydrogen-bond donors (Lipinski definition) is 1. The number of ether oxygens (including phenoxy) is 1. The summed E-state index contributed by atoms with van der Waals surface area (Å²) in [6.07, 6.45) is 3.45. The van der Waals surface area contributed by atoms with E-state index in [0.29, 0.717) is 12.5 Å². The fraction of sp³-hybridized carbons (Fsp3) is 0.435. The van der Waals surface area contributed by atoms with Crippen LogP contribution in [-0.4, -0.2) is 20.1 Å². The first-order valence-electron chi connectivity index (χ1n) is 9.76. The number of hydrogen-bond acceptors (Lipinski definition) is 2. The van der Waals surface area contributed by atoms with E-state index in [1.807, 2.05) is 12.1 Å². The van der Waals surface area contributed by atoms with Gasteiger partial charge in [-0.05, 0) is 73.4 Å². The Morgan fingerprint density at radius 1 is 1.22 bits per heavy atom. The minimum atomic E-state index is -0.122. The van der Waals surface area contributed by atoms with E-state index < -0.39 is 0 Å². The van der Waals surface area contributed by atoms with Crippen LogP contribution in [-0.2, 0) is 13.0 Å². The number of urea groups is 1. The highest BCUT2D eigenvalue weighted by atomic mass is 16.5. The first-order chi connectivity index (χ1) is 13.0. The number of carbonyl (C=O) groups excluding carboxylic acids is 1. The normalized spacial score (nSPS) is 13.4. The Morgan fingerprint density at radius 3 is 2.59 bits per heavy atom. The summed E-state index contributed by atoms with van der Waals surface area (Å²) in [5.41, 5.74) is 7.11. The first kappa shape index (κ1) is 19.3. The third kappa shape index (κ3) is 4.10. The molecule has 0 saturated heterocycles. The van der Waals surface area contributed by atoms with Gasteiger partial charge in [-0.15, -0.1) is 0 Å².